The summed E-state index contributed by atoms with van der Waals surface area (Å²) in [5.41, 5.74) is 0.162. The molecule has 0 radical (unpaired) electrons. The van der Waals surface area contributed by atoms with Crippen LogP contribution in [0.25, 0.3) is 0 Å². The molecule has 0 N–H and O–H groups in total. The molecule has 7 heteroatoms. The van der Waals surface area contributed by atoms with E-state index in [1.807, 2.05) is 0 Å². The fourth-order valence-corrected chi connectivity index (χ4v) is 2.75. The Morgan fingerprint density at radius 2 is 2.22 bits per heavy atom. The molecule has 0 unspecified atom stereocenters. The Morgan fingerprint density at radius 3 is 2.67 bits per heavy atom. The predicted molar refractivity (Wildman–Crippen MR) is 75.3 cm³/mol. The van der Waals surface area contributed by atoms with E-state index >= 15 is 0 Å². The van der Waals surface area contributed by atoms with E-state index < -0.39 is 4.92 Å². The van der Waals surface area contributed by atoms with Gasteiger partial charge in [0.1, 0.15) is 0 Å². The van der Waals surface area contributed by atoms with Gasteiger partial charge in [0.25, 0.3) is 11.2 Å². The maximum Gasteiger partial charge on any atom is 0.289 e. The molecule has 0 amide bonds. The number of rotatable bonds is 4. The lowest BCUT2D eigenvalue weighted by molar-refractivity contribution is -0.386. The van der Waals surface area contributed by atoms with Gasteiger partial charge in [0, 0.05) is 12.1 Å². The van der Waals surface area contributed by atoms with Crippen LogP contribution in [-0.4, -0.2) is 15.2 Å². The van der Waals surface area contributed by atoms with E-state index in [1.54, 1.807) is 6.92 Å². The molecule has 1 aliphatic carbocycles. The third-order valence-corrected chi connectivity index (χ3v) is 5.04. The van der Waals surface area contributed by atoms with Crippen molar-refractivity contribution in [2.45, 2.75) is 26.3 Å². The van der Waals surface area contributed by atoms with Crippen LogP contribution in [0.3, 0.4) is 0 Å². The number of nitrogens with zero attached hydrogens (tertiary/aromatic N) is 2. The van der Waals surface area contributed by atoms with Gasteiger partial charge >= 0.3 is 0 Å². The number of thiol groups is 1. The molecular weight excluding hydrogens is 320 g/mol. The van der Waals surface area contributed by atoms with E-state index in [-0.39, 0.29) is 21.1 Å². The van der Waals surface area contributed by atoms with Gasteiger partial charge in [-0.25, -0.2) is 0 Å². The average molecular weight is 333 g/mol. The smallest absolute Gasteiger partial charge is 0.289 e. The third-order valence-electron chi connectivity index (χ3n) is 3.44. The van der Waals surface area contributed by atoms with Crippen molar-refractivity contribution in [2.24, 2.45) is 5.41 Å². The van der Waals surface area contributed by atoms with Crippen LogP contribution in [-0.2, 0) is 6.54 Å². The minimum atomic E-state index is -0.462. The molecule has 0 spiro atoms. The Balaban J connectivity index is 2.48. The monoisotopic (exact) mass is 332 g/mol. The molecule has 0 atom stereocenters. The van der Waals surface area contributed by atoms with Crippen molar-refractivity contribution in [3.63, 3.8) is 0 Å². The van der Waals surface area contributed by atoms with Crippen LogP contribution in [0, 0.1) is 22.5 Å². The molecule has 1 fully saturated rings. The third kappa shape index (κ3) is 2.33. The number of hydrogen-bond donors (Lipinski definition) is 1. The van der Waals surface area contributed by atoms with Gasteiger partial charge in [-0.05, 0) is 46.9 Å². The fourth-order valence-electron chi connectivity index (χ4n) is 1.91. The highest BCUT2D eigenvalue weighted by atomic mass is 79.9. The molecule has 1 aromatic rings. The normalized spacial score (nSPS) is 16.6. The number of pyridine rings is 1. The molecule has 18 heavy (non-hydrogen) atoms. The van der Waals surface area contributed by atoms with Crippen LogP contribution < -0.4 is 5.56 Å². The van der Waals surface area contributed by atoms with Crippen LogP contribution in [0.2, 0.25) is 0 Å². The first-order valence-electron chi connectivity index (χ1n) is 5.55. The van der Waals surface area contributed by atoms with Gasteiger partial charge in [0.2, 0.25) is 0 Å². The summed E-state index contributed by atoms with van der Waals surface area (Å²) in [5.74, 6) is 0.693. The Morgan fingerprint density at radius 1 is 1.61 bits per heavy atom. The summed E-state index contributed by atoms with van der Waals surface area (Å²) in [6.07, 6.45) is 3.37. The number of nitro groups is 1. The fraction of sp³-hybridized carbons (Fsp3) is 0.545. The first kappa shape index (κ1) is 13.6. The zero-order chi connectivity index (χ0) is 13.5. The van der Waals surface area contributed by atoms with Crippen LogP contribution in [0.15, 0.2) is 15.5 Å². The summed E-state index contributed by atoms with van der Waals surface area (Å²) in [7, 11) is 0. The van der Waals surface area contributed by atoms with E-state index in [1.165, 1.54) is 10.8 Å². The second-order valence-corrected chi connectivity index (χ2v) is 5.91. The summed E-state index contributed by atoms with van der Waals surface area (Å²) in [6, 6.07) is 0. The van der Waals surface area contributed by atoms with Crippen molar-refractivity contribution in [3.8, 4) is 0 Å². The highest BCUT2D eigenvalue weighted by molar-refractivity contribution is 9.10. The number of halogens is 1. The molecule has 0 saturated heterocycles. The minimum Gasteiger partial charge on any atom is -0.307 e. The van der Waals surface area contributed by atoms with Gasteiger partial charge in [-0.2, -0.15) is 12.6 Å². The summed E-state index contributed by atoms with van der Waals surface area (Å²) in [5, 5.41) is 10.9. The molecule has 2 rings (SSSR count). The first-order chi connectivity index (χ1) is 8.40. The molecule has 0 aliphatic heterocycles. The van der Waals surface area contributed by atoms with Crippen molar-refractivity contribution in [3.05, 3.63) is 36.7 Å². The maximum atomic E-state index is 12.1. The Kier molecular flexibility index (Phi) is 3.55. The van der Waals surface area contributed by atoms with Crippen LogP contribution in [0.4, 0.5) is 5.69 Å². The molecule has 98 valence electrons. The van der Waals surface area contributed by atoms with Crippen LogP contribution in [0.1, 0.15) is 18.4 Å². The largest absolute Gasteiger partial charge is 0.307 e. The molecule has 1 aliphatic rings. The Hall–Kier alpha value is -0.820. The topological polar surface area (TPSA) is 65.1 Å². The van der Waals surface area contributed by atoms with Crippen molar-refractivity contribution >= 4 is 34.2 Å². The van der Waals surface area contributed by atoms with Gasteiger partial charge < -0.3 is 4.57 Å². The van der Waals surface area contributed by atoms with Gasteiger partial charge in [0.05, 0.1) is 15.6 Å². The second kappa shape index (κ2) is 4.70. The van der Waals surface area contributed by atoms with Crippen LogP contribution >= 0.6 is 28.6 Å². The van der Waals surface area contributed by atoms with E-state index in [4.69, 9.17) is 0 Å². The quantitative estimate of drug-likeness (QED) is 0.523. The van der Waals surface area contributed by atoms with Gasteiger partial charge in [-0.15, -0.1) is 0 Å². The zero-order valence-electron chi connectivity index (χ0n) is 9.85. The second-order valence-electron chi connectivity index (χ2n) is 4.80. The van der Waals surface area contributed by atoms with E-state index in [0.29, 0.717) is 17.9 Å². The van der Waals surface area contributed by atoms with E-state index in [0.717, 1.165) is 12.8 Å². The van der Waals surface area contributed by atoms with Gasteiger partial charge in [0.15, 0.2) is 0 Å². The molecule has 1 heterocycles. The van der Waals surface area contributed by atoms with Crippen LogP contribution in [0.5, 0.6) is 0 Å². The summed E-state index contributed by atoms with van der Waals surface area (Å²) >= 11 is 7.42. The SMILES string of the molecule is Cc1c([N+](=O)[O-])cn(CC2(CS)CC2)c(=O)c1Br. The molecule has 0 bridgehead atoms. The van der Waals surface area contributed by atoms with E-state index in [2.05, 4.69) is 28.6 Å². The predicted octanol–water partition coefficient (Wildman–Crippen LogP) is 2.54. The van der Waals surface area contributed by atoms with Crippen molar-refractivity contribution in [1.82, 2.24) is 4.57 Å². The average Bonchev–Trinajstić information content (AvgIpc) is 3.10. The van der Waals surface area contributed by atoms with E-state index in [9.17, 15) is 14.9 Å². The Labute approximate surface area is 118 Å². The standard InChI is InChI=1S/C11H13BrN2O3S/c1-7-8(14(16)17)4-13(10(15)9(7)12)5-11(6-18)2-3-11/h4,18H,2-3,5-6H2,1H3. The molecule has 1 aromatic heterocycles. The minimum absolute atomic E-state index is 0.0311. The molecule has 5 nitrogen and oxygen atoms in total. The lowest BCUT2D eigenvalue weighted by Gasteiger charge is -2.14. The molecule has 1 saturated carbocycles. The highest BCUT2D eigenvalue weighted by Gasteiger charge is 2.42. The summed E-state index contributed by atoms with van der Waals surface area (Å²) in [4.78, 5) is 22.5. The molecular formula is C11H13BrN2O3S. The Bertz CT molecular complexity index is 566. The van der Waals surface area contributed by atoms with Crippen molar-refractivity contribution < 1.29 is 4.92 Å². The first-order valence-corrected chi connectivity index (χ1v) is 6.97. The van der Waals surface area contributed by atoms with Gasteiger partial charge in [-0.1, -0.05) is 0 Å². The molecule has 0 aromatic carbocycles. The van der Waals surface area contributed by atoms with Crippen molar-refractivity contribution in [2.75, 3.05) is 5.75 Å². The highest BCUT2D eigenvalue weighted by Crippen LogP contribution is 2.47. The lowest BCUT2D eigenvalue weighted by atomic mass is 10.1. The summed E-state index contributed by atoms with van der Waals surface area (Å²) < 4.78 is 1.70. The number of aromatic nitrogens is 1. The number of hydrogen-bond acceptors (Lipinski definition) is 4. The van der Waals surface area contributed by atoms with Gasteiger partial charge in [-0.3, -0.25) is 14.9 Å². The lowest BCUT2D eigenvalue weighted by Crippen LogP contribution is -2.27. The van der Waals surface area contributed by atoms with Crippen molar-refractivity contribution in [1.29, 1.82) is 0 Å². The maximum absolute atomic E-state index is 12.1. The summed E-state index contributed by atoms with van der Waals surface area (Å²) in [6.45, 7) is 2.06. The zero-order valence-corrected chi connectivity index (χ0v) is 12.3.